The third-order valence-corrected chi connectivity index (χ3v) is 3.77. The van der Waals surface area contributed by atoms with Crippen LogP contribution in [-0.2, 0) is 7.05 Å². The van der Waals surface area contributed by atoms with Crippen LogP contribution in [0.4, 0.5) is 0 Å². The molecule has 0 aliphatic heterocycles. The molecule has 24 heavy (non-hydrogen) atoms. The molecule has 1 aromatic heterocycles. The summed E-state index contributed by atoms with van der Waals surface area (Å²) in [6.07, 6.45) is 1.46. The number of aromatic nitrogens is 1. The van der Waals surface area contributed by atoms with Gasteiger partial charge in [-0.05, 0) is 35.9 Å². The maximum absolute atomic E-state index is 12.3. The van der Waals surface area contributed by atoms with Gasteiger partial charge in [-0.25, -0.2) is 5.43 Å². The minimum atomic E-state index is -0.303. The van der Waals surface area contributed by atoms with Crippen LogP contribution in [0.15, 0.2) is 53.6 Å². The fourth-order valence-corrected chi connectivity index (χ4v) is 2.52. The summed E-state index contributed by atoms with van der Waals surface area (Å²) in [6.45, 7) is 0. The summed E-state index contributed by atoms with van der Waals surface area (Å²) in [4.78, 5) is 12.3. The van der Waals surface area contributed by atoms with Crippen molar-refractivity contribution < 1.29 is 14.6 Å². The van der Waals surface area contributed by atoms with Gasteiger partial charge >= 0.3 is 0 Å². The van der Waals surface area contributed by atoms with Crippen LogP contribution in [0.25, 0.3) is 10.9 Å². The summed E-state index contributed by atoms with van der Waals surface area (Å²) in [7, 11) is 3.31. The van der Waals surface area contributed by atoms with Crippen molar-refractivity contribution in [3.8, 4) is 11.5 Å². The number of carbonyl (C=O) groups excluding carboxylic acids is 1. The number of hydrazone groups is 1. The van der Waals surface area contributed by atoms with Gasteiger partial charge in [-0.1, -0.05) is 18.2 Å². The summed E-state index contributed by atoms with van der Waals surface area (Å²) in [5.74, 6) is 0.0934. The fraction of sp³-hybridized carbons (Fsp3) is 0.111. The van der Waals surface area contributed by atoms with Crippen molar-refractivity contribution in [3.63, 3.8) is 0 Å². The molecule has 3 rings (SSSR count). The second kappa shape index (κ2) is 6.45. The van der Waals surface area contributed by atoms with Crippen LogP contribution in [0.5, 0.6) is 11.5 Å². The molecular formula is C18H17N3O3. The predicted octanol–water partition coefficient (Wildman–Crippen LogP) is 2.66. The Balaban J connectivity index is 1.75. The van der Waals surface area contributed by atoms with Crippen LogP contribution in [0, 0.1) is 0 Å². The van der Waals surface area contributed by atoms with Crippen molar-refractivity contribution >= 4 is 23.0 Å². The monoisotopic (exact) mass is 323 g/mol. The smallest absolute Gasteiger partial charge is 0.287 e. The summed E-state index contributed by atoms with van der Waals surface area (Å²) in [5.41, 5.74) is 4.64. The zero-order chi connectivity index (χ0) is 17.1. The van der Waals surface area contributed by atoms with Crippen LogP contribution in [0.3, 0.4) is 0 Å². The first kappa shape index (κ1) is 15.6. The highest BCUT2D eigenvalue weighted by Gasteiger charge is 2.12. The van der Waals surface area contributed by atoms with Gasteiger partial charge in [0.15, 0.2) is 11.5 Å². The number of carbonyl (C=O) groups is 1. The number of rotatable bonds is 4. The summed E-state index contributed by atoms with van der Waals surface area (Å²) in [5, 5.41) is 14.6. The molecule has 0 spiro atoms. The SMILES string of the molecule is COc1ccc(/C=N/NC(=O)c2cc3ccccc3n2C)cc1O. The Labute approximate surface area is 139 Å². The number of fused-ring (bicyclic) bond motifs is 1. The number of hydrogen-bond donors (Lipinski definition) is 2. The van der Waals surface area contributed by atoms with Gasteiger partial charge in [-0.2, -0.15) is 5.10 Å². The molecule has 1 amide bonds. The molecule has 0 bridgehead atoms. The summed E-state index contributed by atoms with van der Waals surface area (Å²) < 4.78 is 6.79. The molecule has 2 aromatic carbocycles. The number of para-hydroxylation sites is 1. The van der Waals surface area contributed by atoms with Crippen LogP contribution < -0.4 is 10.2 Å². The Morgan fingerprint density at radius 2 is 2.04 bits per heavy atom. The zero-order valence-corrected chi connectivity index (χ0v) is 13.4. The highest BCUT2D eigenvalue weighted by molar-refractivity contribution is 5.99. The molecule has 2 N–H and O–H groups in total. The molecule has 0 unspecified atom stereocenters. The Kier molecular flexibility index (Phi) is 4.20. The van der Waals surface area contributed by atoms with E-state index in [1.165, 1.54) is 19.4 Å². The number of methoxy groups -OCH3 is 1. The molecule has 1 heterocycles. The van der Waals surface area contributed by atoms with E-state index in [1.54, 1.807) is 12.1 Å². The van der Waals surface area contributed by atoms with Crippen LogP contribution >= 0.6 is 0 Å². The molecular weight excluding hydrogens is 306 g/mol. The van der Waals surface area contributed by atoms with Gasteiger partial charge < -0.3 is 14.4 Å². The van der Waals surface area contributed by atoms with E-state index in [2.05, 4.69) is 10.5 Å². The minimum absolute atomic E-state index is 0.0152. The fourth-order valence-electron chi connectivity index (χ4n) is 2.52. The van der Waals surface area contributed by atoms with Gasteiger partial charge in [0.05, 0.1) is 13.3 Å². The van der Waals surface area contributed by atoms with Gasteiger partial charge in [0.2, 0.25) is 0 Å². The Morgan fingerprint density at radius 3 is 2.75 bits per heavy atom. The number of phenolic OH excluding ortho intramolecular Hbond substituents is 1. The molecule has 0 radical (unpaired) electrons. The Hall–Kier alpha value is -3.28. The van der Waals surface area contributed by atoms with Crippen molar-refractivity contribution in [2.45, 2.75) is 0 Å². The molecule has 6 nitrogen and oxygen atoms in total. The zero-order valence-electron chi connectivity index (χ0n) is 13.4. The van der Waals surface area contributed by atoms with E-state index in [0.717, 1.165) is 10.9 Å². The van der Waals surface area contributed by atoms with E-state index in [-0.39, 0.29) is 11.7 Å². The maximum Gasteiger partial charge on any atom is 0.287 e. The number of benzene rings is 2. The molecule has 0 saturated heterocycles. The summed E-state index contributed by atoms with van der Waals surface area (Å²) >= 11 is 0. The molecule has 122 valence electrons. The van der Waals surface area contributed by atoms with Crippen molar-refractivity contribution in [3.05, 3.63) is 59.8 Å². The van der Waals surface area contributed by atoms with Gasteiger partial charge in [0, 0.05) is 18.0 Å². The van der Waals surface area contributed by atoms with Crippen molar-refractivity contribution in [2.24, 2.45) is 12.1 Å². The predicted molar refractivity (Wildman–Crippen MR) is 92.6 cm³/mol. The number of aromatic hydroxyl groups is 1. The molecule has 3 aromatic rings. The third-order valence-electron chi connectivity index (χ3n) is 3.77. The van der Waals surface area contributed by atoms with E-state index in [0.29, 0.717) is 17.0 Å². The molecule has 0 saturated carbocycles. The van der Waals surface area contributed by atoms with E-state index in [4.69, 9.17) is 4.74 Å². The average molecular weight is 323 g/mol. The molecule has 0 atom stereocenters. The number of aryl methyl sites for hydroxylation is 1. The van der Waals surface area contributed by atoms with Crippen LogP contribution in [0.1, 0.15) is 16.1 Å². The number of hydrogen-bond acceptors (Lipinski definition) is 4. The number of ether oxygens (including phenoxy) is 1. The van der Waals surface area contributed by atoms with Gasteiger partial charge in [0.25, 0.3) is 5.91 Å². The first-order valence-corrected chi connectivity index (χ1v) is 7.35. The first-order valence-electron chi connectivity index (χ1n) is 7.35. The highest BCUT2D eigenvalue weighted by atomic mass is 16.5. The number of amides is 1. The van der Waals surface area contributed by atoms with Gasteiger partial charge in [-0.15, -0.1) is 0 Å². The van der Waals surface area contributed by atoms with Crippen molar-refractivity contribution in [1.29, 1.82) is 0 Å². The Morgan fingerprint density at radius 1 is 1.25 bits per heavy atom. The number of nitrogens with one attached hydrogen (secondary N) is 1. The normalized spacial score (nSPS) is 11.1. The third kappa shape index (κ3) is 2.94. The lowest BCUT2D eigenvalue weighted by molar-refractivity contribution is 0.0947. The van der Waals surface area contributed by atoms with Crippen LogP contribution in [0.2, 0.25) is 0 Å². The van der Waals surface area contributed by atoms with E-state index in [9.17, 15) is 9.90 Å². The number of nitrogens with zero attached hydrogens (tertiary/aromatic N) is 2. The van der Waals surface area contributed by atoms with E-state index in [1.807, 2.05) is 41.9 Å². The van der Waals surface area contributed by atoms with Crippen LogP contribution in [-0.4, -0.2) is 28.9 Å². The molecule has 0 fully saturated rings. The first-order chi connectivity index (χ1) is 11.6. The van der Waals surface area contributed by atoms with Gasteiger partial charge in [0.1, 0.15) is 5.69 Å². The topological polar surface area (TPSA) is 75.8 Å². The Bertz CT molecular complexity index is 928. The standard InChI is InChI=1S/C18H17N3O3/c1-21-14-6-4-3-5-13(14)10-15(21)18(23)20-19-11-12-7-8-17(24-2)16(22)9-12/h3-11,22H,1-2H3,(H,20,23)/b19-11+. The van der Waals surface area contributed by atoms with E-state index >= 15 is 0 Å². The van der Waals surface area contributed by atoms with Crippen molar-refractivity contribution in [2.75, 3.05) is 7.11 Å². The second-order valence-electron chi connectivity index (χ2n) is 5.28. The lowest BCUT2D eigenvalue weighted by Gasteiger charge is -2.04. The lowest BCUT2D eigenvalue weighted by Crippen LogP contribution is -2.20. The van der Waals surface area contributed by atoms with Gasteiger partial charge in [-0.3, -0.25) is 4.79 Å². The lowest BCUT2D eigenvalue weighted by atomic mass is 10.2. The van der Waals surface area contributed by atoms with E-state index < -0.39 is 0 Å². The average Bonchev–Trinajstić information content (AvgIpc) is 2.92. The number of phenols is 1. The molecule has 0 aliphatic rings. The molecule has 0 aliphatic carbocycles. The second-order valence-corrected chi connectivity index (χ2v) is 5.28. The summed E-state index contributed by atoms with van der Waals surface area (Å²) in [6, 6.07) is 14.4. The minimum Gasteiger partial charge on any atom is -0.504 e. The highest BCUT2D eigenvalue weighted by Crippen LogP contribution is 2.25. The quantitative estimate of drug-likeness (QED) is 0.572. The molecule has 6 heteroatoms. The largest absolute Gasteiger partial charge is 0.504 e. The maximum atomic E-state index is 12.3. The van der Waals surface area contributed by atoms with Crippen molar-refractivity contribution in [1.82, 2.24) is 9.99 Å².